The molecule has 17 nitrogen and oxygen atoms in total. The van der Waals surface area contributed by atoms with Gasteiger partial charge in [0.15, 0.2) is 11.6 Å². The van der Waals surface area contributed by atoms with Crippen LogP contribution in [-0.4, -0.2) is 136 Å². The smallest absolute Gasteiger partial charge is 0.488 e. The summed E-state index contributed by atoms with van der Waals surface area (Å²) in [5.41, 5.74) is 14.5. The number of anilines is 1. The monoisotopic (exact) mass is 997 g/mol. The van der Waals surface area contributed by atoms with Crippen molar-refractivity contribution in [3.8, 4) is 5.75 Å². The second kappa shape index (κ2) is 25.0. The average Bonchev–Trinajstić information content (AvgIpc) is 3.79. The normalized spacial score (nSPS) is 15.6. The maximum Gasteiger partial charge on any atom is 0.490 e. The van der Waals surface area contributed by atoms with Crippen LogP contribution in [0.5, 0.6) is 5.75 Å². The molecule has 0 saturated carbocycles. The first-order valence-electron chi connectivity index (χ1n) is 22.7. The van der Waals surface area contributed by atoms with E-state index in [9.17, 15) is 46.7 Å². The summed E-state index contributed by atoms with van der Waals surface area (Å²) in [4.78, 5) is 107. The Bertz CT molecular complexity index is 2390. The number of fused-ring (bicyclic) bond motifs is 2. The van der Waals surface area contributed by atoms with Crippen molar-refractivity contribution in [2.45, 2.75) is 103 Å². The van der Waals surface area contributed by atoms with Crippen LogP contribution < -0.4 is 32.2 Å². The van der Waals surface area contributed by atoms with E-state index in [1.54, 1.807) is 54.6 Å². The van der Waals surface area contributed by atoms with E-state index in [0.717, 1.165) is 10.5 Å². The Kier molecular flexibility index (Phi) is 20.1. The van der Waals surface area contributed by atoms with Crippen molar-refractivity contribution in [1.29, 1.82) is 0 Å². The third-order valence-electron chi connectivity index (χ3n) is 11.0. The molecule has 0 spiro atoms. The molecule has 380 valence electrons. The fourth-order valence-electron chi connectivity index (χ4n) is 7.83. The number of alkyl halides is 3. The Morgan fingerprint density at radius 1 is 0.900 bits per heavy atom. The number of carboxylic acids is 1. The number of rotatable bonds is 19. The zero-order valence-corrected chi connectivity index (χ0v) is 40.8. The largest absolute Gasteiger partial charge is 0.490 e. The topological polar surface area (TPSA) is 261 Å². The summed E-state index contributed by atoms with van der Waals surface area (Å²) in [6.45, 7) is 9.63. The number of ketones is 2. The van der Waals surface area contributed by atoms with E-state index in [0.29, 0.717) is 34.7 Å². The molecule has 0 bridgehead atoms. The van der Waals surface area contributed by atoms with Gasteiger partial charge in [-0.1, -0.05) is 62.4 Å². The number of hydrogen-bond donors (Lipinski definition) is 6. The summed E-state index contributed by atoms with van der Waals surface area (Å²) in [5, 5.41) is 15.6. The summed E-state index contributed by atoms with van der Waals surface area (Å²) < 4.78 is 37.7. The number of imide groups is 1. The van der Waals surface area contributed by atoms with E-state index in [1.807, 2.05) is 53.0 Å². The average molecular weight is 998 g/mol. The first-order valence-corrected chi connectivity index (χ1v) is 24.1. The molecule has 5 amide bonds. The lowest BCUT2D eigenvalue weighted by Crippen LogP contribution is -2.58. The van der Waals surface area contributed by atoms with Gasteiger partial charge in [0, 0.05) is 47.8 Å². The van der Waals surface area contributed by atoms with Crippen LogP contribution in [-0.2, 0) is 35.2 Å². The van der Waals surface area contributed by atoms with Crippen molar-refractivity contribution in [2.24, 2.45) is 17.4 Å². The number of ether oxygens (including phenoxy) is 1. The number of carboxylic acid groups (broad SMARTS) is 1. The number of amides is 5. The summed E-state index contributed by atoms with van der Waals surface area (Å²) >= 11 is 1.40. The number of hydrogen-bond acceptors (Lipinski definition) is 13. The highest BCUT2D eigenvalue weighted by Gasteiger charge is 2.42. The number of nitrogens with zero attached hydrogens (tertiary/aromatic N) is 2. The fourth-order valence-corrected chi connectivity index (χ4v) is 8.34. The molecule has 1 aliphatic carbocycles. The fraction of sp³-hybridized carbons (Fsp3) is 0.469. The molecule has 70 heavy (non-hydrogen) atoms. The highest BCUT2D eigenvalue weighted by atomic mass is 32.2. The van der Waals surface area contributed by atoms with E-state index in [-0.39, 0.29) is 80.5 Å². The standard InChI is InChI=1S/C47H61N7O8S.C2HF3O2/c1-28(2)24-37(52-39(55)26-51-43(58)35(49)27-63-6)45(60)53-22-10-16-38(53)46(61)54(44(59)34(48)25-29-17-19-30(20-18-29)62-47(3,4)5)23-11-21-50-36-15-9-14-33-40(36)42(57)32-13-8-7-12-31(32)41(33)56;3-2(4,5)1(6)7/h7-9,12-15,17-20,28,34-35,37-38,50H,10-11,16,21-27,48-49H2,1-6H3,(H,51,58)(H,52,55);(H,6,7)/t34-,35-,37-,38-;/m0./s1. The van der Waals surface area contributed by atoms with Crippen molar-refractivity contribution < 1.29 is 61.4 Å². The molecule has 21 heteroatoms. The van der Waals surface area contributed by atoms with Gasteiger partial charge in [0.1, 0.15) is 23.4 Å². The molecule has 0 unspecified atom stereocenters. The molecule has 1 heterocycles. The molecule has 4 atom stereocenters. The zero-order valence-electron chi connectivity index (χ0n) is 40.0. The highest BCUT2D eigenvalue weighted by Crippen LogP contribution is 2.32. The van der Waals surface area contributed by atoms with Crippen molar-refractivity contribution >= 4 is 64.5 Å². The van der Waals surface area contributed by atoms with Crippen LogP contribution in [0.4, 0.5) is 18.9 Å². The van der Waals surface area contributed by atoms with E-state index in [2.05, 4.69) is 16.0 Å². The predicted octanol–water partition coefficient (Wildman–Crippen LogP) is 4.33. The van der Waals surface area contributed by atoms with E-state index >= 15 is 0 Å². The van der Waals surface area contributed by atoms with Gasteiger partial charge in [0.05, 0.1) is 24.2 Å². The quantitative estimate of drug-likeness (QED) is 0.0715. The predicted molar refractivity (Wildman–Crippen MR) is 257 cm³/mol. The lowest BCUT2D eigenvalue weighted by molar-refractivity contribution is -0.192. The van der Waals surface area contributed by atoms with Gasteiger partial charge < -0.3 is 42.2 Å². The molecule has 3 aromatic rings. The number of nitrogens with two attached hydrogens (primary N) is 2. The van der Waals surface area contributed by atoms with Crippen LogP contribution in [0, 0.1) is 5.92 Å². The van der Waals surface area contributed by atoms with Crippen LogP contribution in [0.1, 0.15) is 97.7 Å². The maximum absolute atomic E-state index is 14.6. The molecule has 0 aromatic heterocycles. The Balaban J connectivity index is 0.00000141. The third-order valence-corrected chi connectivity index (χ3v) is 11.7. The van der Waals surface area contributed by atoms with Gasteiger partial charge in [0.25, 0.3) is 5.91 Å². The van der Waals surface area contributed by atoms with Crippen molar-refractivity contribution in [3.05, 3.63) is 94.5 Å². The van der Waals surface area contributed by atoms with Gasteiger partial charge in [-0.05, 0) is 88.8 Å². The number of aliphatic carboxylic acids is 1. The van der Waals surface area contributed by atoms with Crippen LogP contribution in [0.15, 0.2) is 66.7 Å². The minimum Gasteiger partial charge on any atom is -0.488 e. The van der Waals surface area contributed by atoms with Gasteiger partial charge in [-0.2, -0.15) is 24.9 Å². The molecule has 8 N–H and O–H groups in total. The van der Waals surface area contributed by atoms with Gasteiger partial charge >= 0.3 is 12.1 Å². The molecule has 0 radical (unpaired) electrons. The van der Waals surface area contributed by atoms with E-state index in [4.69, 9.17) is 26.1 Å². The van der Waals surface area contributed by atoms with Gasteiger partial charge in [0.2, 0.25) is 23.6 Å². The Labute approximate surface area is 409 Å². The van der Waals surface area contributed by atoms with Crippen LogP contribution in [0.2, 0.25) is 0 Å². The summed E-state index contributed by atoms with van der Waals surface area (Å²) in [5.74, 6) is -5.02. The first-order chi connectivity index (χ1) is 32.8. The Morgan fingerprint density at radius 3 is 2.10 bits per heavy atom. The second-order valence-corrected chi connectivity index (χ2v) is 19.1. The van der Waals surface area contributed by atoms with Crippen LogP contribution >= 0.6 is 11.8 Å². The molecule has 1 aliphatic heterocycles. The minimum absolute atomic E-state index is 0.0170. The SMILES string of the molecule is CSC[C@H](N)C(=O)NCC(=O)N[C@@H](CC(C)C)C(=O)N1CCC[C@H]1C(=O)N(CCCNc1cccc2c1C(=O)c1ccccc1C2=O)C(=O)[C@@H](N)Cc1ccc(OC(C)(C)C)cc1.O=C(O)C(F)(F)F. The third kappa shape index (κ3) is 15.6. The van der Waals surface area contributed by atoms with Gasteiger partial charge in [-0.15, -0.1) is 0 Å². The van der Waals surface area contributed by atoms with Crippen molar-refractivity contribution in [2.75, 3.05) is 43.5 Å². The number of halogens is 3. The molecule has 1 fully saturated rings. The first kappa shape index (κ1) is 56.3. The van der Waals surface area contributed by atoms with Crippen LogP contribution in [0.25, 0.3) is 0 Å². The molecule has 1 saturated heterocycles. The summed E-state index contributed by atoms with van der Waals surface area (Å²) in [6.07, 6.45) is -1.86. The summed E-state index contributed by atoms with van der Waals surface area (Å²) in [6, 6.07) is 15.0. The molecule has 2 aliphatic rings. The van der Waals surface area contributed by atoms with E-state index < -0.39 is 71.4 Å². The van der Waals surface area contributed by atoms with Crippen molar-refractivity contribution in [3.63, 3.8) is 0 Å². The minimum atomic E-state index is -5.08. The lowest BCUT2D eigenvalue weighted by atomic mass is 9.83. The number of carbonyl (C=O) groups is 8. The van der Waals surface area contributed by atoms with E-state index in [1.165, 1.54) is 16.7 Å². The molecule has 5 rings (SSSR count). The second-order valence-electron chi connectivity index (χ2n) is 18.2. The molecular weight excluding hydrogens is 936 g/mol. The molecule has 3 aromatic carbocycles. The lowest BCUT2D eigenvalue weighted by Gasteiger charge is -2.33. The Morgan fingerprint density at radius 2 is 1.51 bits per heavy atom. The number of carbonyl (C=O) groups excluding carboxylic acids is 7. The number of thioether (sulfide) groups is 1. The van der Waals surface area contributed by atoms with Crippen LogP contribution in [0.3, 0.4) is 0 Å². The number of likely N-dealkylation sites (tertiary alicyclic amines) is 1. The number of benzene rings is 3. The van der Waals surface area contributed by atoms with Gasteiger partial charge in [-0.3, -0.25) is 38.5 Å². The zero-order chi connectivity index (χ0) is 52.1. The maximum atomic E-state index is 14.6. The van der Waals surface area contributed by atoms with Gasteiger partial charge in [-0.25, -0.2) is 4.79 Å². The highest BCUT2D eigenvalue weighted by molar-refractivity contribution is 7.98. The summed E-state index contributed by atoms with van der Waals surface area (Å²) in [7, 11) is 0. The van der Waals surface area contributed by atoms with Crippen molar-refractivity contribution in [1.82, 2.24) is 20.4 Å². The molecular formula is C49H62F3N7O10S. The number of nitrogens with one attached hydrogen (secondary N) is 3. The Hall–Kier alpha value is -6.32.